The average molecular weight is 388 g/mol. The third kappa shape index (κ3) is 3.41. The molecule has 1 heterocycles. The molecule has 1 aliphatic rings. The zero-order valence-electron chi connectivity index (χ0n) is 11.6. The van der Waals surface area contributed by atoms with Gasteiger partial charge in [-0.15, -0.1) is 0 Å². The van der Waals surface area contributed by atoms with Crippen molar-refractivity contribution in [3.63, 3.8) is 0 Å². The first-order valence-corrected chi connectivity index (χ1v) is 8.40. The summed E-state index contributed by atoms with van der Waals surface area (Å²) >= 11 is 9.77. The van der Waals surface area contributed by atoms with Gasteiger partial charge in [0, 0.05) is 16.6 Å². The first kappa shape index (κ1) is 16.3. The average Bonchev–Trinajstić information content (AvgIpc) is 2.69. The molecule has 1 saturated heterocycles. The minimum absolute atomic E-state index is 0.0156. The van der Waals surface area contributed by atoms with Crippen LogP contribution in [0.2, 0.25) is 0 Å². The van der Waals surface area contributed by atoms with Gasteiger partial charge in [-0.05, 0) is 32.1 Å². The molecular weight excluding hydrogens is 374 g/mol. The van der Waals surface area contributed by atoms with Crippen molar-refractivity contribution in [3.05, 3.63) is 27.1 Å². The van der Waals surface area contributed by atoms with E-state index in [-0.39, 0.29) is 11.7 Å². The Bertz CT molecular complexity index is 631. The predicted octanol–water partition coefficient (Wildman–Crippen LogP) is 3.77. The highest BCUT2D eigenvalue weighted by Crippen LogP contribution is 2.38. The Balaban J connectivity index is 2.42. The number of phenols is 1. The van der Waals surface area contributed by atoms with E-state index < -0.39 is 0 Å². The van der Waals surface area contributed by atoms with E-state index >= 15 is 0 Å². The van der Waals surface area contributed by atoms with Crippen molar-refractivity contribution in [2.24, 2.45) is 0 Å². The summed E-state index contributed by atoms with van der Waals surface area (Å²) in [6, 6.07) is 3.42. The summed E-state index contributed by atoms with van der Waals surface area (Å²) in [6.45, 7) is 4.70. The van der Waals surface area contributed by atoms with Gasteiger partial charge in [-0.25, -0.2) is 0 Å². The SMILES string of the molecule is CCOc1cc(Br)cc(C=C2SC(=S)N(CC)C2=O)c1O. The molecule has 4 nitrogen and oxygen atoms in total. The fraction of sp³-hybridized carbons (Fsp3) is 0.286. The number of carbonyl (C=O) groups is 1. The van der Waals surface area contributed by atoms with Crippen LogP contribution in [0.1, 0.15) is 19.4 Å². The van der Waals surface area contributed by atoms with Gasteiger partial charge in [0.15, 0.2) is 11.5 Å². The number of rotatable bonds is 4. The third-order valence-corrected chi connectivity index (χ3v) is 4.68. The van der Waals surface area contributed by atoms with E-state index in [9.17, 15) is 9.90 Å². The number of carbonyl (C=O) groups excluding carboxylic acids is 1. The van der Waals surface area contributed by atoms with Crippen molar-refractivity contribution >= 4 is 56.2 Å². The fourth-order valence-corrected chi connectivity index (χ4v) is 3.71. The molecule has 1 aromatic carbocycles. The molecule has 2 rings (SSSR count). The zero-order valence-corrected chi connectivity index (χ0v) is 14.8. The largest absolute Gasteiger partial charge is 0.504 e. The summed E-state index contributed by atoms with van der Waals surface area (Å²) in [5, 5.41) is 10.2. The summed E-state index contributed by atoms with van der Waals surface area (Å²) in [5.41, 5.74) is 0.518. The van der Waals surface area contributed by atoms with Gasteiger partial charge < -0.3 is 9.84 Å². The van der Waals surface area contributed by atoms with Gasteiger partial charge in [0.2, 0.25) is 0 Å². The number of nitrogens with zero attached hydrogens (tertiary/aromatic N) is 1. The number of halogens is 1. The minimum Gasteiger partial charge on any atom is -0.504 e. The van der Waals surface area contributed by atoms with Crippen LogP contribution in [0.4, 0.5) is 0 Å². The standard InChI is InChI=1S/C14H14BrNO3S2/c1-3-16-13(18)11(21-14(16)20)6-8-5-9(15)7-10(12(8)17)19-4-2/h5-7,17H,3-4H2,1-2H3. The molecule has 112 valence electrons. The van der Waals surface area contributed by atoms with Gasteiger partial charge in [-0.3, -0.25) is 9.69 Å². The van der Waals surface area contributed by atoms with Gasteiger partial charge in [0.05, 0.1) is 11.5 Å². The Labute approximate surface area is 141 Å². The number of ether oxygens (including phenoxy) is 1. The van der Waals surface area contributed by atoms with Gasteiger partial charge in [0.25, 0.3) is 5.91 Å². The van der Waals surface area contributed by atoms with Crippen LogP contribution in [0.25, 0.3) is 6.08 Å². The van der Waals surface area contributed by atoms with Crippen LogP contribution in [-0.2, 0) is 4.79 Å². The molecular formula is C14H14BrNO3S2. The second kappa shape index (κ2) is 6.81. The molecule has 7 heteroatoms. The van der Waals surface area contributed by atoms with Gasteiger partial charge in [-0.1, -0.05) is 39.9 Å². The molecule has 0 saturated carbocycles. The molecule has 1 aliphatic heterocycles. The highest BCUT2D eigenvalue weighted by Gasteiger charge is 2.30. The van der Waals surface area contributed by atoms with Crippen LogP contribution in [0.3, 0.4) is 0 Å². The van der Waals surface area contributed by atoms with Crippen molar-refractivity contribution in [3.8, 4) is 11.5 Å². The second-order valence-electron chi connectivity index (χ2n) is 4.20. The van der Waals surface area contributed by atoms with Crippen LogP contribution >= 0.6 is 39.9 Å². The second-order valence-corrected chi connectivity index (χ2v) is 6.79. The molecule has 0 bridgehead atoms. The number of benzene rings is 1. The molecule has 1 amide bonds. The lowest BCUT2D eigenvalue weighted by Gasteiger charge is -2.10. The molecule has 1 N–H and O–H groups in total. The Kier molecular flexibility index (Phi) is 5.29. The number of phenolic OH excluding ortho intramolecular Hbond substituents is 1. The lowest BCUT2D eigenvalue weighted by Crippen LogP contribution is -2.27. The van der Waals surface area contributed by atoms with E-state index in [2.05, 4.69) is 15.9 Å². The van der Waals surface area contributed by atoms with Crippen LogP contribution in [0, 0.1) is 0 Å². The fourth-order valence-electron chi connectivity index (χ4n) is 1.88. The normalized spacial score (nSPS) is 16.9. The highest BCUT2D eigenvalue weighted by molar-refractivity contribution is 9.10. The maximum atomic E-state index is 12.2. The van der Waals surface area contributed by atoms with Crippen LogP contribution in [-0.4, -0.2) is 33.4 Å². The zero-order chi connectivity index (χ0) is 15.6. The number of amides is 1. The molecule has 0 atom stereocenters. The van der Waals surface area contributed by atoms with Crippen molar-refractivity contribution in [2.45, 2.75) is 13.8 Å². The monoisotopic (exact) mass is 387 g/mol. The van der Waals surface area contributed by atoms with Crippen molar-refractivity contribution < 1.29 is 14.6 Å². The van der Waals surface area contributed by atoms with Crippen LogP contribution < -0.4 is 4.74 Å². The maximum Gasteiger partial charge on any atom is 0.266 e. The first-order chi connectivity index (χ1) is 9.97. The van der Waals surface area contributed by atoms with Crippen LogP contribution in [0.5, 0.6) is 11.5 Å². The van der Waals surface area contributed by atoms with E-state index in [4.69, 9.17) is 17.0 Å². The van der Waals surface area contributed by atoms with E-state index in [0.29, 0.717) is 33.7 Å². The smallest absolute Gasteiger partial charge is 0.266 e. The maximum absolute atomic E-state index is 12.2. The molecule has 0 spiro atoms. The number of hydrogen-bond acceptors (Lipinski definition) is 5. The number of thioether (sulfide) groups is 1. The van der Waals surface area contributed by atoms with E-state index in [0.717, 1.165) is 4.47 Å². The van der Waals surface area contributed by atoms with Gasteiger partial charge in [0.1, 0.15) is 4.32 Å². The summed E-state index contributed by atoms with van der Waals surface area (Å²) in [7, 11) is 0. The summed E-state index contributed by atoms with van der Waals surface area (Å²) in [6.07, 6.45) is 1.64. The topological polar surface area (TPSA) is 49.8 Å². The van der Waals surface area contributed by atoms with E-state index in [1.807, 2.05) is 13.8 Å². The Hall–Kier alpha value is -1.05. The first-order valence-electron chi connectivity index (χ1n) is 6.38. The van der Waals surface area contributed by atoms with Crippen molar-refractivity contribution in [2.75, 3.05) is 13.2 Å². The Morgan fingerprint density at radius 3 is 2.76 bits per heavy atom. The van der Waals surface area contributed by atoms with Crippen molar-refractivity contribution in [1.29, 1.82) is 0 Å². The number of hydrogen-bond donors (Lipinski definition) is 1. The number of likely N-dealkylation sites (N-methyl/N-ethyl adjacent to an activating group) is 1. The number of aromatic hydroxyl groups is 1. The minimum atomic E-state index is -0.134. The highest BCUT2D eigenvalue weighted by atomic mass is 79.9. The predicted molar refractivity (Wildman–Crippen MR) is 92.5 cm³/mol. The van der Waals surface area contributed by atoms with E-state index in [1.165, 1.54) is 16.7 Å². The molecule has 0 aromatic heterocycles. The van der Waals surface area contributed by atoms with Crippen LogP contribution in [0.15, 0.2) is 21.5 Å². The Morgan fingerprint density at radius 2 is 2.19 bits per heavy atom. The molecule has 1 aromatic rings. The van der Waals surface area contributed by atoms with Crippen molar-refractivity contribution in [1.82, 2.24) is 4.90 Å². The molecule has 0 unspecified atom stereocenters. The summed E-state index contributed by atoms with van der Waals surface area (Å²) in [4.78, 5) is 14.2. The van der Waals surface area contributed by atoms with E-state index in [1.54, 1.807) is 18.2 Å². The molecule has 21 heavy (non-hydrogen) atoms. The third-order valence-electron chi connectivity index (χ3n) is 2.85. The number of thiocarbonyl (C=S) groups is 1. The Morgan fingerprint density at radius 1 is 1.48 bits per heavy atom. The van der Waals surface area contributed by atoms with Gasteiger partial charge in [-0.2, -0.15) is 0 Å². The quantitative estimate of drug-likeness (QED) is 0.629. The lowest BCUT2D eigenvalue weighted by atomic mass is 10.1. The summed E-state index contributed by atoms with van der Waals surface area (Å²) in [5.74, 6) is 0.260. The molecule has 1 fully saturated rings. The van der Waals surface area contributed by atoms with Gasteiger partial charge >= 0.3 is 0 Å². The lowest BCUT2D eigenvalue weighted by molar-refractivity contribution is -0.121. The molecule has 0 radical (unpaired) electrons. The summed E-state index contributed by atoms with van der Waals surface area (Å²) < 4.78 is 6.68. The molecule has 0 aliphatic carbocycles.